The molecule has 0 bridgehead atoms. The summed E-state index contributed by atoms with van der Waals surface area (Å²) in [5, 5.41) is 5.54. The van der Waals surface area contributed by atoms with Crippen LogP contribution in [-0.2, 0) is 22.5 Å². The summed E-state index contributed by atoms with van der Waals surface area (Å²) in [5.41, 5.74) is 9.57. The second-order valence-electron chi connectivity index (χ2n) is 13.9. The Bertz CT molecular complexity index is 1980. The Morgan fingerprint density at radius 1 is 1.15 bits per heavy atom. The van der Waals surface area contributed by atoms with Gasteiger partial charge in [-0.15, -0.1) is 0 Å². The molecule has 11 nitrogen and oxygen atoms in total. The number of aromatic nitrogens is 4. The van der Waals surface area contributed by atoms with Crippen LogP contribution in [0.4, 0.5) is 14.5 Å². The number of nitrogens with two attached hydrogens (primary N) is 1. The third-order valence-electron chi connectivity index (χ3n) is 10.6. The number of likely N-dealkylation sites (tertiary alicyclic amines) is 1. The first kappa shape index (κ1) is 30.8. The molecule has 2 aliphatic heterocycles. The molecule has 5 heterocycles. The first-order chi connectivity index (χ1) is 23.0. The molecule has 13 heteroatoms. The van der Waals surface area contributed by atoms with E-state index in [0.29, 0.717) is 51.3 Å². The third-order valence-corrected chi connectivity index (χ3v) is 10.6. The van der Waals surface area contributed by atoms with Gasteiger partial charge >= 0.3 is 0 Å². The Balaban J connectivity index is 1.17. The van der Waals surface area contributed by atoms with Gasteiger partial charge in [0, 0.05) is 37.2 Å². The van der Waals surface area contributed by atoms with Crippen LogP contribution in [0.1, 0.15) is 67.3 Å². The molecule has 0 atom stereocenters. The molecule has 8 rings (SSSR count). The number of fused-ring (bicyclic) bond motifs is 3. The van der Waals surface area contributed by atoms with Crippen molar-refractivity contribution in [2.45, 2.75) is 69.7 Å². The lowest BCUT2D eigenvalue weighted by Gasteiger charge is -2.34. The number of hydrogen-bond donors (Lipinski definition) is 1. The second kappa shape index (κ2) is 11.0. The number of benzene rings is 1. The number of methoxy groups -OCH3 is 1. The Kier molecular flexibility index (Phi) is 7.08. The Morgan fingerprint density at radius 3 is 2.58 bits per heavy atom. The lowest BCUT2D eigenvalue weighted by atomic mass is 9.92. The van der Waals surface area contributed by atoms with Crippen molar-refractivity contribution in [1.82, 2.24) is 24.6 Å². The summed E-state index contributed by atoms with van der Waals surface area (Å²) in [5.74, 6) is -2.08. The fourth-order valence-corrected chi connectivity index (χ4v) is 7.90. The summed E-state index contributed by atoms with van der Waals surface area (Å²) in [6.45, 7) is 5.55. The van der Waals surface area contributed by atoms with Gasteiger partial charge in [-0.25, -0.2) is 18.4 Å². The summed E-state index contributed by atoms with van der Waals surface area (Å²) < 4.78 is 41.6. The molecular formula is C35H37F2N7O4. The molecule has 1 saturated heterocycles. The van der Waals surface area contributed by atoms with Crippen LogP contribution in [0.5, 0.6) is 5.75 Å². The van der Waals surface area contributed by atoms with Crippen molar-refractivity contribution in [3.05, 3.63) is 65.2 Å². The standard InChI is InChI=1S/C35H37F2N7O4/c1-19(2)10-25-31(32(38)46)30(20-4-5-27-28(11-20)48-16-29(45)43(27)15-26-24(37)12-21(36)13-39-26)23-14-40-44(33(23)41-25)22-6-8-42(9-7-22)34-17-35(34,18-34)47-3/h4-5,11-14,19,22H,6-10,15-18H2,1-3H3,(H2,38,46). The highest BCUT2D eigenvalue weighted by Gasteiger charge is 2.86. The van der Waals surface area contributed by atoms with E-state index in [1.807, 2.05) is 11.8 Å². The van der Waals surface area contributed by atoms with Crippen molar-refractivity contribution in [2.24, 2.45) is 11.7 Å². The second-order valence-corrected chi connectivity index (χ2v) is 13.9. The summed E-state index contributed by atoms with van der Waals surface area (Å²) in [4.78, 5) is 38.9. The van der Waals surface area contributed by atoms with Gasteiger partial charge in [0.2, 0.25) is 0 Å². The number of pyridine rings is 2. The van der Waals surface area contributed by atoms with Gasteiger partial charge in [-0.2, -0.15) is 5.10 Å². The molecule has 0 spiro atoms. The first-order valence-corrected chi connectivity index (χ1v) is 16.4. The van der Waals surface area contributed by atoms with E-state index < -0.39 is 23.4 Å². The molecule has 1 aromatic carbocycles. The van der Waals surface area contributed by atoms with Crippen LogP contribution in [0.2, 0.25) is 0 Å². The predicted octanol–water partition coefficient (Wildman–Crippen LogP) is 4.56. The molecular weight excluding hydrogens is 620 g/mol. The summed E-state index contributed by atoms with van der Waals surface area (Å²) in [6.07, 6.45) is 7.27. The number of nitrogens with zero attached hydrogens (tertiary/aromatic N) is 6. The Hall–Kier alpha value is -4.49. The molecule has 0 unspecified atom stereocenters. The van der Waals surface area contributed by atoms with Crippen LogP contribution < -0.4 is 15.4 Å². The minimum Gasteiger partial charge on any atom is -0.482 e. The molecule has 48 heavy (non-hydrogen) atoms. The topological polar surface area (TPSA) is 129 Å². The van der Waals surface area contributed by atoms with Crippen LogP contribution in [0.25, 0.3) is 22.2 Å². The number of amides is 2. The fourth-order valence-electron chi connectivity index (χ4n) is 7.90. The normalized spacial score (nSPS) is 23.7. The molecule has 250 valence electrons. The largest absolute Gasteiger partial charge is 0.482 e. The van der Waals surface area contributed by atoms with E-state index in [4.69, 9.17) is 25.3 Å². The zero-order chi connectivity index (χ0) is 33.5. The number of carbonyl (C=O) groups is 2. The Morgan fingerprint density at radius 2 is 1.92 bits per heavy atom. The highest BCUT2D eigenvalue weighted by atomic mass is 19.1. The summed E-state index contributed by atoms with van der Waals surface area (Å²) >= 11 is 0. The van der Waals surface area contributed by atoms with E-state index in [2.05, 4.69) is 23.7 Å². The molecule has 4 aromatic rings. The average molecular weight is 658 g/mol. The number of ether oxygens (including phenoxy) is 2. The molecule has 2 saturated carbocycles. The average Bonchev–Trinajstić information content (AvgIpc) is 3.84. The van der Waals surface area contributed by atoms with Gasteiger partial charge in [0.15, 0.2) is 12.3 Å². The van der Waals surface area contributed by atoms with Crippen LogP contribution in [0.3, 0.4) is 0 Å². The van der Waals surface area contributed by atoms with Crippen LogP contribution >= 0.6 is 0 Å². The number of halogens is 2. The van der Waals surface area contributed by atoms with Gasteiger partial charge in [0.25, 0.3) is 11.8 Å². The zero-order valence-corrected chi connectivity index (χ0v) is 27.1. The van der Waals surface area contributed by atoms with E-state index in [9.17, 15) is 18.4 Å². The van der Waals surface area contributed by atoms with Gasteiger partial charge in [-0.05, 0) is 55.7 Å². The summed E-state index contributed by atoms with van der Waals surface area (Å²) in [6, 6.07) is 6.11. The summed E-state index contributed by atoms with van der Waals surface area (Å²) in [7, 11) is 1.81. The highest BCUT2D eigenvalue weighted by Crippen LogP contribution is 2.76. The number of hydrogen-bond acceptors (Lipinski definition) is 8. The van der Waals surface area contributed by atoms with Crippen molar-refractivity contribution in [2.75, 3.05) is 31.7 Å². The molecule has 2 N–H and O–H groups in total. The van der Waals surface area contributed by atoms with Gasteiger partial charge in [0.05, 0.1) is 58.8 Å². The lowest BCUT2D eigenvalue weighted by molar-refractivity contribution is -0.121. The quantitative estimate of drug-likeness (QED) is 0.278. The van der Waals surface area contributed by atoms with Crippen molar-refractivity contribution in [3.8, 4) is 16.9 Å². The van der Waals surface area contributed by atoms with E-state index in [1.165, 1.54) is 4.90 Å². The lowest BCUT2D eigenvalue weighted by Crippen LogP contribution is -2.40. The van der Waals surface area contributed by atoms with E-state index in [0.717, 1.165) is 51.0 Å². The van der Waals surface area contributed by atoms with Crippen LogP contribution in [0, 0.1) is 17.6 Å². The fraction of sp³-hybridized carbons (Fsp3) is 0.457. The molecule has 2 aliphatic carbocycles. The molecule has 4 aliphatic rings. The molecule has 0 radical (unpaired) electrons. The third kappa shape index (κ3) is 4.77. The SMILES string of the molecule is COC12CC1(N1CCC(n3ncc4c(-c5ccc6c(c5)OCC(=O)N6Cc5ncc(F)cc5F)c(C(N)=O)c(CC(C)C)nc43)CC1)C2. The Labute approximate surface area is 276 Å². The highest BCUT2D eigenvalue weighted by molar-refractivity contribution is 6.09. The van der Waals surface area contributed by atoms with Gasteiger partial charge in [-0.1, -0.05) is 19.9 Å². The monoisotopic (exact) mass is 657 g/mol. The predicted molar refractivity (Wildman–Crippen MR) is 172 cm³/mol. The van der Waals surface area contributed by atoms with E-state index >= 15 is 0 Å². The smallest absolute Gasteiger partial charge is 0.265 e. The number of carbonyl (C=O) groups excluding carboxylic acids is 2. The van der Waals surface area contributed by atoms with E-state index in [1.54, 1.807) is 24.4 Å². The number of rotatable bonds is 9. The van der Waals surface area contributed by atoms with Crippen LogP contribution in [-0.4, -0.2) is 74.4 Å². The van der Waals surface area contributed by atoms with Crippen molar-refractivity contribution >= 4 is 28.5 Å². The first-order valence-electron chi connectivity index (χ1n) is 16.4. The van der Waals surface area contributed by atoms with Gasteiger partial charge < -0.3 is 15.2 Å². The van der Waals surface area contributed by atoms with Crippen LogP contribution in [0.15, 0.2) is 36.7 Å². The maximum atomic E-state index is 14.5. The number of piperidine rings is 1. The molecule has 3 fully saturated rings. The van der Waals surface area contributed by atoms with Crippen molar-refractivity contribution < 1.29 is 27.8 Å². The number of primary amides is 1. The van der Waals surface area contributed by atoms with Gasteiger partial charge in [-0.3, -0.25) is 24.4 Å². The van der Waals surface area contributed by atoms with Gasteiger partial charge in [0.1, 0.15) is 17.4 Å². The van der Waals surface area contributed by atoms with E-state index in [-0.39, 0.29) is 41.9 Å². The maximum Gasteiger partial charge on any atom is 0.265 e. The zero-order valence-electron chi connectivity index (χ0n) is 27.1. The maximum absolute atomic E-state index is 14.5. The minimum atomic E-state index is -0.846. The van der Waals surface area contributed by atoms with Crippen molar-refractivity contribution in [3.63, 3.8) is 0 Å². The molecule has 3 aromatic heterocycles. The number of anilines is 1. The molecule has 2 amide bonds. The van der Waals surface area contributed by atoms with Crippen molar-refractivity contribution in [1.29, 1.82) is 0 Å². The minimum absolute atomic E-state index is 0.0720.